The van der Waals surface area contributed by atoms with Gasteiger partial charge in [0, 0.05) is 32.9 Å². The van der Waals surface area contributed by atoms with Crippen LogP contribution in [-0.2, 0) is 29.8 Å². The van der Waals surface area contributed by atoms with Gasteiger partial charge >= 0.3 is 10.2 Å². The van der Waals surface area contributed by atoms with Gasteiger partial charge in [0.25, 0.3) is 0 Å². The van der Waals surface area contributed by atoms with Crippen LogP contribution in [0.25, 0.3) is 0 Å². The number of hydrogen-bond donors (Lipinski definition) is 1. The molecule has 34 heavy (non-hydrogen) atoms. The summed E-state index contributed by atoms with van der Waals surface area (Å²) >= 11 is 0. The molecule has 2 aromatic rings. The molecule has 0 aliphatic carbocycles. The van der Waals surface area contributed by atoms with Crippen molar-refractivity contribution in [2.45, 2.75) is 18.7 Å². The summed E-state index contributed by atoms with van der Waals surface area (Å²) in [4.78, 5) is 12.9. The number of ether oxygens (including phenoxy) is 1. The fourth-order valence-corrected chi connectivity index (χ4v) is 5.98. The molecule has 2 aromatic carbocycles. The maximum atomic E-state index is 13.0. The number of carbonyl (C=O) groups is 1. The van der Waals surface area contributed by atoms with E-state index in [-0.39, 0.29) is 18.0 Å². The first-order valence-electron chi connectivity index (χ1n) is 10.7. The zero-order chi connectivity index (χ0) is 25.1. The van der Waals surface area contributed by atoms with E-state index in [0.29, 0.717) is 30.2 Å². The fourth-order valence-electron chi connectivity index (χ4n) is 3.45. The SMILES string of the molecule is Cc1ccc(C)c(N(CC(=O)Nc2ccc(S(=O)(=O)N3CCOCC3)cc2)S(=O)(=O)N(C)C)c1. The average molecular weight is 511 g/mol. The van der Waals surface area contributed by atoms with Gasteiger partial charge in [0.1, 0.15) is 6.54 Å². The molecule has 0 unspecified atom stereocenters. The normalized spacial score (nSPS) is 15.3. The second-order valence-corrected chi connectivity index (χ2v) is 12.2. The lowest BCUT2D eigenvalue weighted by atomic mass is 10.1. The predicted octanol–water partition coefficient (Wildman–Crippen LogP) is 1.58. The van der Waals surface area contributed by atoms with E-state index >= 15 is 0 Å². The summed E-state index contributed by atoms with van der Waals surface area (Å²) in [5.74, 6) is -0.560. The Bertz CT molecular complexity index is 1240. The van der Waals surface area contributed by atoms with Crippen LogP contribution in [0, 0.1) is 13.8 Å². The molecule has 186 valence electrons. The van der Waals surface area contributed by atoms with E-state index in [2.05, 4.69) is 5.32 Å². The molecule has 10 nitrogen and oxygen atoms in total. The van der Waals surface area contributed by atoms with E-state index in [0.717, 1.165) is 14.2 Å². The molecule has 0 bridgehead atoms. The third kappa shape index (κ3) is 5.76. The molecule has 1 saturated heterocycles. The van der Waals surface area contributed by atoms with Gasteiger partial charge in [-0.2, -0.15) is 17.0 Å². The first-order chi connectivity index (χ1) is 15.9. The van der Waals surface area contributed by atoms with E-state index < -0.39 is 32.7 Å². The minimum Gasteiger partial charge on any atom is -0.379 e. The molecular formula is C22H30N4O6S2. The number of carbonyl (C=O) groups excluding carboxylic acids is 1. The predicted molar refractivity (Wildman–Crippen MR) is 131 cm³/mol. The topological polar surface area (TPSA) is 116 Å². The van der Waals surface area contributed by atoms with Gasteiger partial charge in [-0.1, -0.05) is 12.1 Å². The van der Waals surface area contributed by atoms with Crippen LogP contribution in [0.1, 0.15) is 11.1 Å². The lowest BCUT2D eigenvalue weighted by Gasteiger charge is -2.28. The monoisotopic (exact) mass is 510 g/mol. The summed E-state index contributed by atoms with van der Waals surface area (Å²) in [5, 5.41) is 2.65. The van der Waals surface area contributed by atoms with Gasteiger partial charge in [-0.25, -0.2) is 12.7 Å². The van der Waals surface area contributed by atoms with Gasteiger partial charge in [0.2, 0.25) is 15.9 Å². The smallest absolute Gasteiger partial charge is 0.304 e. The summed E-state index contributed by atoms with van der Waals surface area (Å²) in [6.45, 7) is 4.44. The largest absolute Gasteiger partial charge is 0.379 e. The highest BCUT2D eigenvalue weighted by Gasteiger charge is 2.29. The first-order valence-corrected chi connectivity index (χ1v) is 13.5. The highest BCUT2D eigenvalue weighted by molar-refractivity contribution is 7.90. The quantitative estimate of drug-likeness (QED) is 0.576. The Kier molecular flexibility index (Phi) is 7.98. The summed E-state index contributed by atoms with van der Waals surface area (Å²) in [6, 6.07) is 11.2. The van der Waals surface area contributed by atoms with Crippen molar-refractivity contribution in [1.82, 2.24) is 8.61 Å². The van der Waals surface area contributed by atoms with Crippen LogP contribution in [-0.4, -0.2) is 78.3 Å². The van der Waals surface area contributed by atoms with Crippen molar-refractivity contribution >= 4 is 37.5 Å². The number of nitrogens with zero attached hydrogens (tertiary/aromatic N) is 3. The minimum atomic E-state index is -3.95. The highest BCUT2D eigenvalue weighted by Crippen LogP contribution is 2.25. The van der Waals surface area contributed by atoms with Crippen LogP contribution in [0.2, 0.25) is 0 Å². The standard InChI is InChI=1S/C22H30N4O6S2/c1-17-5-6-18(2)21(15-17)26(34(30,31)24(3)4)16-22(27)23-19-7-9-20(10-8-19)33(28,29)25-11-13-32-14-12-25/h5-10,15H,11-14,16H2,1-4H3,(H,23,27). The molecule has 0 atom stereocenters. The number of rotatable bonds is 8. The second-order valence-electron chi connectivity index (χ2n) is 8.18. The second kappa shape index (κ2) is 10.4. The Morgan fingerprint density at radius 2 is 1.62 bits per heavy atom. The van der Waals surface area contributed by atoms with Gasteiger partial charge in [-0.3, -0.25) is 4.79 Å². The average Bonchev–Trinajstić information content (AvgIpc) is 2.80. The van der Waals surface area contributed by atoms with Crippen molar-refractivity contribution in [2.75, 3.05) is 56.6 Å². The van der Waals surface area contributed by atoms with Gasteiger partial charge in [0.05, 0.1) is 23.8 Å². The molecule has 1 aliphatic rings. The number of nitrogens with one attached hydrogen (secondary N) is 1. The molecule has 0 radical (unpaired) electrons. The van der Waals surface area contributed by atoms with Crippen LogP contribution in [0.15, 0.2) is 47.4 Å². The van der Waals surface area contributed by atoms with Gasteiger partial charge in [-0.05, 0) is 55.3 Å². The Labute approximate surface area is 201 Å². The number of hydrogen-bond acceptors (Lipinski definition) is 6. The fraction of sp³-hybridized carbons (Fsp3) is 0.409. The van der Waals surface area contributed by atoms with Crippen LogP contribution in [0.3, 0.4) is 0 Å². The Balaban J connectivity index is 1.79. The summed E-state index contributed by atoms with van der Waals surface area (Å²) < 4.78 is 60.2. The van der Waals surface area contributed by atoms with Crippen LogP contribution in [0.4, 0.5) is 11.4 Å². The number of sulfonamides is 1. The number of aryl methyl sites for hydroxylation is 2. The number of amides is 1. The molecule has 1 fully saturated rings. The minimum absolute atomic E-state index is 0.111. The van der Waals surface area contributed by atoms with E-state index in [1.54, 1.807) is 19.1 Å². The maximum absolute atomic E-state index is 13.0. The molecule has 1 amide bonds. The maximum Gasteiger partial charge on any atom is 0.304 e. The van der Waals surface area contributed by atoms with Crippen molar-refractivity contribution in [3.63, 3.8) is 0 Å². The summed E-state index contributed by atoms with van der Waals surface area (Å²) in [5.41, 5.74) is 2.34. The van der Waals surface area contributed by atoms with Crippen molar-refractivity contribution < 1.29 is 26.4 Å². The third-order valence-electron chi connectivity index (χ3n) is 5.41. The van der Waals surface area contributed by atoms with Crippen molar-refractivity contribution in [3.05, 3.63) is 53.6 Å². The van der Waals surface area contributed by atoms with Gasteiger partial charge in [0.15, 0.2) is 0 Å². The lowest BCUT2D eigenvalue weighted by Crippen LogP contribution is -2.44. The van der Waals surface area contributed by atoms with Crippen molar-refractivity contribution in [1.29, 1.82) is 0 Å². The molecule has 12 heteroatoms. The Morgan fingerprint density at radius 1 is 1.00 bits per heavy atom. The molecule has 0 aromatic heterocycles. The van der Waals surface area contributed by atoms with Gasteiger partial charge in [-0.15, -0.1) is 0 Å². The Morgan fingerprint density at radius 3 is 2.21 bits per heavy atom. The number of benzene rings is 2. The van der Waals surface area contributed by atoms with E-state index in [9.17, 15) is 21.6 Å². The molecule has 3 rings (SSSR count). The first kappa shape index (κ1) is 26.1. The van der Waals surface area contributed by atoms with E-state index in [1.807, 2.05) is 13.0 Å². The van der Waals surface area contributed by atoms with Crippen molar-refractivity contribution in [3.8, 4) is 0 Å². The molecule has 1 aliphatic heterocycles. The molecule has 0 spiro atoms. The Hall–Kier alpha value is -2.51. The highest BCUT2D eigenvalue weighted by atomic mass is 32.2. The molecular weight excluding hydrogens is 480 g/mol. The van der Waals surface area contributed by atoms with Crippen molar-refractivity contribution in [2.24, 2.45) is 0 Å². The summed E-state index contributed by atoms with van der Waals surface area (Å²) in [6.07, 6.45) is 0. The lowest BCUT2D eigenvalue weighted by molar-refractivity contribution is -0.114. The zero-order valence-corrected chi connectivity index (χ0v) is 21.3. The number of anilines is 2. The summed E-state index contributed by atoms with van der Waals surface area (Å²) in [7, 11) is -4.80. The molecule has 1 heterocycles. The van der Waals surface area contributed by atoms with Crippen LogP contribution >= 0.6 is 0 Å². The zero-order valence-electron chi connectivity index (χ0n) is 19.7. The van der Waals surface area contributed by atoms with E-state index in [4.69, 9.17) is 4.74 Å². The van der Waals surface area contributed by atoms with Crippen LogP contribution in [0.5, 0.6) is 0 Å². The van der Waals surface area contributed by atoms with Crippen LogP contribution < -0.4 is 9.62 Å². The van der Waals surface area contributed by atoms with Gasteiger partial charge < -0.3 is 10.1 Å². The third-order valence-corrected chi connectivity index (χ3v) is 9.12. The number of morpholine rings is 1. The molecule has 0 saturated carbocycles. The molecule has 1 N–H and O–H groups in total. The van der Waals surface area contributed by atoms with E-state index in [1.165, 1.54) is 42.7 Å².